The van der Waals surface area contributed by atoms with Gasteiger partial charge in [-0.2, -0.15) is 8.42 Å². The number of rotatable bonds is 11. The van der Waals surface area contributed by atoms with Gasteiger partial charge in [0.2, 0.25) is 0 Å². The number of benzene rings is 1. The first-order valence-corrected chi connectivity index (χ1v) is 9.02. The topological polar surface area (TPSA) is 43.4 Å². The van der Waals surface area contributed by atoms with Crippen molar-refractivity contribution in [3.8, 4) is 0 Å². The van der Waals surface area contributed by atoms with Gasteiger partial charge in [0.05, 0.1) is 11.5 Å². The van der Waals surface area contributed by atoms with E-state index in [1.807, 2.05) is 0 Å². The molecular weight excluding hydrogens is 279 g/mol. The second-order valence-electron chi connectivity index (χ2n) is 5.06. The molecule has 0 aliphatic rings. The molecule has 0 atom stereocenters. The molecule has 0 fully saturated rings. The summed E-state index contributed by atoms with van der Waals surface area (Å²) < 4.78 is 28.7. The largest absolute Gasteiger partial charge is 0.296 e. The van der Waals surface area contributed by atoms with E-state index in [1.165, 1.54) is 38.5 Å². The zero-order chi connectivity index (χ0) is 14.7. The third-order valence-electron chi connectivity index (χ3n) is 3.27. The monoisotopic (exact) mass is 305 g/mol. The maximum atomic E-state index is 11.8. The van der Waals surface area contributed by atoms with Crippen molar-refractivity contribution in [2.24, 2.45) is 0 Å². The maximum Gasteiger partial charge on any atom is 0.296 e. The fourth-order valence-corrected chi connectivity index (χ4v) is 3.02. The summed E-state index contributed by atoms with van der Waals surface area (Å²) in [7, 11) is -3.57. The van der Waals surface area contributed by atoms with Crippen LogP contribution in [0.25, 0.3) is 0 Å². The zero-order valence-electron chi connectivity index (χ0n) is 13.4. The van der Waals surface area contributed by atoms with E-state index in [0.29, 0.717) is 0 Å². The van der Waals surface area contributed by atoms with Gasteiger partial charge in [0.1, 0.15) is 0 Å². The van der Waals surface area contributed by atoms with Gasteiger partial charge >= 0.3 is 0 Å². The Labute approximate surface area is 141 Å². The van der Waals surface area contributed by atoms with Crippen LogP contribution in [0, 0.1) is 0 Å². The predicted octanol–water partition coefficient (Wildman–Crippen LogP) is 4.15. The van der Waals surface area contributed by atoms with Gasteiger partial charge in [0.15, 0.2) is 0 Å². The van der Waals surface area contributed by atoms with E-state index >= 15 is 0 Å². The molecule has 1 rings (SSSR count). The van der Waals surface area contributed by atoms with Crippen LogP contribution in [0.15, 0.2) is 35.2 Å². The van der Waals surface area contributed by atoms with Crippen LogP contribution in [-0.2, 0) is 14.3 Å². The minimum absolute atomic E-state index is 0. The van der Waals surface area contributed by atoms with Gasteiger partial charge < -0.3 is 0 Å². The van der Waals surface area contributed by atoms with Crippen molar-refractivity contribution in [3.05, 3.63) is 30.3 Å². The Hall–Kier alpha value is -0.273. The van der Waals surface area contributed by atoms with Crippen molar-refractivity contribution in [2.45, 2.75) is 63.2 Å². The molecule has 0 saturated carbocycles. The van der Waals surface area contributed by atoms with E-state index in [0.717, 1.165) is 12.8 Å². The van der Waals surface area contributed by atoms with Crippen molar-refractivity contribution in [3.63, 3.8) is 0 Å². The van der Waals surface area contributed by atoms with Crippen LogP contribution < -0.4 is 0 Å². The second-order valence-corrected chi connectivity index (χ2v) is 6.68. The van der Waals surface area contributed by atoms with Crippen LogP contribution in [-0.4, -0.2) is 33.9 Å². The van der Waals surface area contributed by atoms with E-state index < -0.39 is 10.1 Å². The van der Waals surface area contributed by atoms with Crippen LogP contribution in [0.2, 0.25) is 0 Å². The minimum Gasteiger partial charge on any atom is -0.266 e. The first kappa shape index (κ1) is 20.7. The summed E-state index contributed by atoms with van der Waals surface area (Å²) >= 11 is 0. The van der Waals surface area contributed by atoms with E-state index in [2.05, 4.69) is 6.92 Å². The Bertz CT molecular complexity index is 446. The third kappa shape index (κ3) is 9.37. The fraction of sp³-hybridized carbons (Fsp3) is 0.625. The van der Waals surface area contributed by atoms with Crippen molar-refractivity contribution < 1.29 is 12.6 Å². The molecule has 0 aromatic heterocycles. The molecule has 3 nitrogen and oxygen atoms in total. The van der Waals surface area contributed by atoms with E-state index in [1.54, 1.807) is 30.3 Å². The molecule has 1 radical (unpaired) electrons. The molecule has 0 aliphatic heterocycles. The van der Waals surface area contributed by atoms with Gasteiger partial charge in [-0.3, -0.25) is 4.18 Å². The van der Waals surface area contributed by atoms with Gasteiger partial charge in [0, 0.05) is 18.9 Å². The van der Waals surface area contributed by atoms with E-state index in [9.17, 15) is 8.42 Å². The van der Waals surface area contributed by atoms with Crippen molar-refractivity contribution >= 4 is 29.0 Å². The van der Waals surface area contributed by atoms with Crippen LogP contribution in [0.3, 0.4) is 0 Å². The van der Waals surface area contributed by atoms with Gasteiger partial charge in [-0.25, -0.2) is 0 Å². The number of unbranched alkanes of at least 4 members (excludes halogenated alkanes) is 7. The van der Waals surface area contributed by atoms with Gasteiger partial charge in [0.25, 0.3) is 10.1 Å². The Morgan fingerprint density at radius 2 is 1.38 bits per heavy atom. The molecule has 0 N–H and O–H groups in total. The quantitative estimate of drug-likeness (QED) is 0.350. The molecule has 0 bridgehead atoms. The van der Waals surface area contributed by atoms with Crippen LogP contribution in [0.1, 0.15) is 58.3 Å². The molecule has 115 valence electrons. The summed E-state index contributed by atoms with van der Waals surface area (Å²) in [4.78, 5) is 0.236. The van der Waals surface area contributed by atoms with Crippen molar-refractivity contribution in [1.29, 1.82) is 0 Å². The average Bonchev–Trinajstić information content (AvgIpc) is 2.46. The normalized spacial score (nSPS) is 11.1. The molecule has 0 spiro atoms. The average molecular weight is 305 g/mol. The summed E-state index contributed by atoms with van der Waals surface area (Å²) in [6.45, 7) is 2.50. The number of hydrogen-bond acceptors (Lipinski definition) is 3. The zero-order valence-corrected chi connectivity index (χ0v) is 14.2. The van der Waals surface area contributed by atoms with E-state index in [4.69, 9.17) is 4.18 Å². The molecular formula is C16H26LiO3S. The molecule has 5 heteroatoms. The smallest absolute Gasteiger partial charge is 0.266 e. The molecule has 0 aliphatic carbocycles. The van der Waals surface area contributed by atoms with Crippen LogP contribution in [0.5, 0.6) is 0 Å². The first-order valence-electron chi connectivity index (χ1n) is 7.61. The SMILES string of the molecule is CCCCCCCCCCOS(=O)(=O)c1ccccc1.[Li]. The molecule has 1 aromatic carbocycles. The van der Waals surface area contributed by atoms with Gasteiger partial charge in [-0.05, 0) is 18.6 Å². The number of hydrogen-bond donors (Lipinski definition) is 0. The van der Waals surface area contributed by atoms with Crippen molar-refractivity contribution in [2.75, 3.05) is 6.61 Å². The molecule has 1 aromatic rings. The predicted molar refractivity (Wildman–Crippen MR) is 87.9 cm³/mol. The summed E-state index contributed by atoms with van der Waals surface area (Å²) in [5.74, 6) is 0. The Morgan fingerprint density at radius 3 is 1.95 bits per heavy atom. The molecule has 0 saturated heterocycles. The summed E-state index contributed by atoms with van der Waals surface area (Å²) in [5, 5.41) is 0. The summed E-state index contributed by atoms with van der Waals surface area (Å²) in [6.07, 6.45) is 9.44. The summed E-state index contributed by atoms with van der Waals surface area (Å²) in [6, 6.07) is 8.31. The van der Waals surface area contributed by atoms with Crippen LogP contribution in [0.4, 0.5) is 0 Å². The van der Waals surface area contributed by atoms with Crippen LogP contribution >= 0.6 is 0 Å². The summed E-state index contributed by atoms with van der Waals surface area (Å²) in [5.41, 5.74) is 0. The standard InChI is InChI=1S/C16H26O3S.Li/c1-2-3-4-5-6-7-8-12-15-19-20(17,18)16-13-10-9-11-14-16;/h9-11,13-14H,2-8,12,15H2,1H3;. The van der Waals surface area contributed by atoms with E-state index in [-0.39, 0.29) is 30.4 Å². The van der Waals surface area contributed by atoms with Crippen molar-refractivity contribution in [1.82, 2.24) is 0 Å². The molecule has 0 unspecified atom stereocenters. The second kappa shape index (κ2) is 12.3. The minimum atomic E-state index is -3.57. The van der Waals surface area contributed by atoms with Gasteiger partial charge in [-0.15, -0.1) is 0 Å². The Balaban J connectivity index is 0.00000400. The first-order chi connectivity index (χ1) is 9.67. The van der Waals surface area contributed by atoms with Gasteiger partial charge in [-0.1, -0.05) is 70.1 Å². The Morgan fingerprint density at radius 1 is 0.857 bits per heavy atom. The Kier molecular flexibility index (Phi) is 12.1. The molecule has 21 heavy (non-hydrogen) atoms. The third-order valence-corrected chi connectivity index (χ3v) is 4.59. The molecule has 0 heterocycles. The fourth-order valence-electron chi connectivity index (χ4n) is 2.06. The maximum absolute atomic E-state index is 11.8. The molecule has 0 amide bonds.